The van der Waals surface area contributed by atoms with Crippen LogP contribution in [0.15, 0.2) is 28.7 Å². The molecule has 1 aliphatic heterocycles. The molecule has 1 aromatic carbocycles. The maximum atomic E-state index is 3.75. The number of likely N-dealkylation sites (tertiary alicyclic amines) is 1. The zero-order chi connectivity index (χ0) is 14.5. The van der Waals surface area contributed by atoms with E-state index in [-0.39, 0.29) is 0 Å². The average molecular weight is 351 g/mol. The standard InChI is InChI=1S/C18H27BrN2/c19-17-7-5-15(6-8-17)16-13-18(14-16)20-9-12-21-10-3-1-2-4-11-21/h5-8,16,18,20H,1-4,9-14H2. The number of halogens is 1. The third-order valence-corrected chi connectivity index (χ3v) is 5.57. The van der Waals surface area contributed by atoms with Crippen molar-refractivity contribution in [3.63, 3.8) is 0 Å². The molecule has 1 saturated carbocycles. The van der Waals surface area contributed by atoms with Crippen LogP contribution in [0.1, 0.15) is 50.0 Å². The molecule has 1 aliphatic carbocycles. The van der Waals surface area contributed by atoms with Gasteiger partial charge in [0.2, 0.25) is 0 Å². The molecule has 0 amide bonds. The largest absolute Gasteiger partial charge is 0.313 e. The van der Waals surface area contributed by atoms with E-state index in [2.05, 4.69) is 50.4 Å². The fraction of sp³-hybridized carbons (Fsp3) is 0.667. The third kappa shape index (κ3) is 4.54. The second-order valence-electron chi connectivity index (χ2n) is 6.63. The van der Waals surface area contributed by atoms with Gasteiger partial charge in [-0.1, -0.05) is 40.9 Å². The van der Waals surface area contributed by atoms with E-state index in [1.165, 1.54) is 68.2 Å². The van der Waals surface area contributed by atoms with Gasteiger partial charge in [0.1, 0.15) is 0 Å². The molecule has 3 heteroatoms. The number of nitrogens with zero attached hydrogens (tertiary/aromatic N) is 1. The normalized spacial score (nSPS) is 27.1. The first-order valence-corrected chi connectivity index (χ1v) is 9.32. The van der Waals surface area contributed by atoms with Crippen molar-refractivity contribution >= 4 is 15.9 Å². The zero-order valence-corrected chi connectivity index (χ0v) is 14.4. The van der Waals surface area contributed by atoms with E-state index >= 15 is 0 Å². The molecular weight excluding hydrogens is 324 g/mol. The molecule has 0 unspecified atom stereocenters. The van der Waals surface area contributed by atoms with Gasteiger partial charge in [-0.15, -0.1) is 0 Å². The van der Waals surface area contributed by atoms with E-state index in [4.69, 9.17) is 0 Å². The van der Waals surface area contributed by atoms with E-state index in [1.54, 1.807) is 0 Å². The fourth-order valence-corrected chi connectivity index (χ4v) is 3.84. The Morgan fingerprint density at radius 3 is 2.33 bits per heavy atom. The van der Waals surface area contributed by atoms with Gasteiger partial charge in [-0.25, -0.2) is 0 Å². The van der Waals surface area contributed by atoms with Crippen molar-refractivity contribution < 1.29 is 0 Å². The molecule has 116 valence electrons. The molecule has 3 rings (SSSR count). The number of hydrogen-bond acceptors (Lipinski definition) is 2. The maximum Gasteiger partial charge on any atom is 0.0175 e. The Kier molecular flexibility index (Phi) is 5.73. The van der Waals surface area contributed by atoms with Gasteiger partial charge in [0.25, 0.3) is 0 Å². The van der Waals surface area contributed by atoms with Crippen molar-refractivity contribution in [3.8, 4) is 0 Å². The van der Waals surface area contributed by atoms with Gasteiger partial charge in [-0.3, -0.25) is 0 Å². The molecule has 2 fully saturated rings. The lowest BCUT2D eigenvalue weighted by Crippen LogP contribution is -2.43. The first-order valence-electron chi connectivity index (χ1n) is 8.52. The summed E-state index contributed by atoms with van der Waals surface area (Å²) >= 11 is 3.51. The highest BCUT2D eigenvalue weighted by Crippen LogP contribution is 2.37. The molecular formula is C18H27BrN2. The van der Waals surface area contributed by atoms with Gasteiger partial charge in [-0.2, -0.15) is 0 Å². The summed E-state index contributed by atoms with van der Waals surface area (Å²) < 4.78 is 1.18. The minimum atomic E-state index is 0.741. The minimum absolute atomic E-state index is 0.741. The molecule has 1 N–H and O–H groups in total. The van der Waals surface area contributed by atoms with Gasteiger partial charge in [-0.05, 0) is 62.4 Å². The molecule has 0 aromatic heterocycles. The maximum absolute atomic E-state index is 3.75. The van der Waals surface area contributed by atoms with Gasteiger partial charge >= 0.3 is 0 Å². The van der Waals surface area contributed by atoms with Crippen LogP contribution in [0.25, 0.3) is 0 Å². The van der Waals surface area contributed by atoms with Crippen LogP contribution in [0.3, 0.4) is 0 Å². The van der Waals surface area contributed by atoms with Crippen LogP contribution >= 0.6 is 15.9 Å². The van der Waals surface area contributed by atoms with E-state index in [9.17, 15) is 0 Å². The molecule has 0 atom stereocenters. The van der Waals surface area contributed by atoms with E-state index in [1.807, 2.05) is 0 Å². The van der Waals surface area contributed by atoms with Gasteiger partial charge < -0.3 is 10.2 Å². The second kappa shape index (κ2) is 7.75. The highest BCUT2D eigenvalue weighted by Gasteiger charge is 2.29. The van der Waals surface area contributed by atoms with E-state index < -0.39 is 0 Å². The van der Waals surface area contributed by atoms with Crippen LogP contribution in [-0.4, -0.2) is 37.1 Å². The quantitative estimate of drug-likeness (QED) is 0.857. The van der Waals surface area contributed by atoms with Crippen molar-refractivity contribution in [2.24, 2.45) is 0 Å². The van der Waals surface area contributed by atoms with Crippen molar-refractivity contribution in [2.45, 2.75) is 50.5 Å². The minimum Gasteiger partial charge on any atom is -0.313 e. The summed E-state index contributed by atoms with van der Waals surface area (Å²) in [5.41, 5.74) is 1.50. The van der Waals surface area contributed by atoms with Crippen LogP contribution in [0.2, 0.25) is 0 Å². The molecule has 1 aromatic rings. The summed E-state index contributed by atoms with van der Waals surface area (Å²) in [6.07, 6.45) is 8.27. The zero-order valence-electron chi connectivity index (χ0n) is 12.9. The second-order valence-corrected chi connectivity index (χ2v) is 7.54. The van der Waals surface area contributed by atoms with Gasteiger partial charge in [0.15, 0.2) is 0 Å². The highest BCUT2D eigenvalue weighted by molar-refractivity contribution is 9.10. The Hall–Kier alpha value is -0.380. The Morgan fingerprint density at radius 2 is 1.67 bits per heavy atom. The SMILES string of the molecule is Brc1ccc(C2CC(NCCN3CCCCCC3)C2)cc1. The summed E-state index contributed by atoms with van der Waals surface area (Å²) in [4.78, 5) is 2.64. The molecule has 0 spiro atoms. The molecule has 2 nitrogen and oxygen atoms in total. The van der Waals surface area contributed by atoms with E-state index in [0.717, 1.165) is 18.5 Å². The number of benzene rings is 1. The topological polar surface area (TPSA) is 15.3 Å². The number of rotatable bonds is 5. The van der Waals surface area contributed by atoms with Gasteiger partial charge in [0, 0.05) is 23.6 Å². The molecule has 21 heavy (non-hydrogen) atoms. The summed E-state index contributed by atoms with van der Waals surface area (Å²) in [7, 11) is 0. The monoisotopic (exact) mass is 350 g/mol. The van der Waals surface area contributed by atoms with Crippen LogP contribution in [0, 0.1) is 0 Å². The summed E-state index contributed by atoms with van der Waals surface area (Å²) in [5, 5.41) is 3.75. The summed E-state index contributed by atoms with van der Waals surface area (Å²) in [5.74, 6) is 0.772. The van der Waals surface area contributed by atoms with Crippen LogP contribution in [0.5, 0.6) is 0 Å². The van der Waals surface area contributed by atoms with Crippen molar-refractivity contribution in [1.29, 1.82) is 0 Å². The van der Waals surface area contributed by atoms with Crippen molar-refractivity contribution in [2.75, 3.05) is 26.2 Å². The van der Waals surface area contributed by atoms with Crippen LogP contribution in [0.4, 0.5) is 0 Å². The lowest BCUT2D eigenvalue weighted by molar-refractivity contribution is 0.248. The lowest BCUT2D eigenvalue weighted by atomic mass is 9.76. The lowest BCUT2D eigenvalue weighted by Gasteiger charge is -2.37. The highest BCUT2D eigenvalue weighted by atomic mass is 79.9. The smallest absolute Gasteiger partial charge is 0.0175 e. The summed E-state index contributed by atoms with van der Waals surface area (Å²) in [6.45, 7) is 5.03. The Labute approximate surface area is 137 Å². The van der Waals surface area contributed by atoms with Crippen molar-refractivity contribution in [3.05, 3.63) is 34.3 Å². The predicted octanol–water partition coefficient (Wildman–Crippen LogP) is 4.16. The fourth-order valence-electron chi connectivity index (χ4n) is 3.58. The number of nitrogens with one attached hydrogen (secondary N) is 1. The molecule has 1 heterocycles. The van der Waals surface area contributed by atoms with Crippen LogP contribution < -0.4 is 5.32 Å². The van der Waals surface area contributed by atoms with Crippen molar-refractivity contribution in [1.82, 2.24) is 10.2 Å². The molecule has 0 radical (unpaired) electrons. The first kappa shape index (κ1) is 15.5. The summed E-state index contributed by atoms with van der Waals surface area (Å²) in [6, 6.07) is 9.60. The average Bonchev–Trinajstić information content (AvgIpc) is 2.71. The Bertz CT molecular complexity index is 417. The van der Waals surface area contributed by atoms with E-state index in [0.29, 0.717) is 0 Å². The third-order valence-electron chi connectivity index (χ3n) is 5.04. The Balaban J connectivity index is 1.32. The molecule has 0 bridgehead atoms. The Morgan fingerprint density at radius 1 is 1.00 bits per heavy atom. The van der Waals surface area contributed by atoms with Gasteiger partial charge in [0.05, 0.1) is 0 Å². The number of hydrogen-bond donors (Lipinski definition) is 1. The molecule has 1 saturated heterocycles. The van der Waals surface area contributed by atoms with Crippen LogP contribution in [-0.2, 0) is 0 Å². The predicted molar refractivity (Wildman–Crippen MR) is 92.8 cm³/mol. The molecule has 2 aliphatic rings. The first-order chi connectivity index (χ1) is 10.3.